The van der Waals surface area contributed by atoms with Crippen molar-refractivity contribution in [1.29, 1.82) is 0 Å². The fourth-order valence-electron chi connectivity index (χ4n) is 2.77. The standard InChI is InChI=1S/C17H32N6S.HI/c1-4-18-17(19-7-6-16-21-14-15(2)24-16)20-8-11-23-10-5-9-22(3)12-13-23;/h14H,4-13H2,1-3H3,(H2,18,19,20);1H. The van der Waals surface area contributed by atoms with Gasteiger partial charge in [0.15, 0.2) is 5.96 Å². The molecule has 0 aliphatic carbocycles. The Morgan fingerprint density at radius 1 is 1.28 bits per heavy atom. The summed E-state index contributed by atoms with van der Waals surface area (Å²) in [7, 11) is 2.21. The molecule has 1 aromatic heterocycles. The van der Waals surface area contributed by atoms with Gasteiger partial charge < -0.3 is 20.4 Å². The molecule has 0 saturated carbocycles. The van der Waals surface area contributed by atoms with Gasteiger partial charge in [0.25, 0.3) is 0 Å². The Labute approximate surface area is 173 Å². The smallest absolute Gasteiger partial charge is 0.191 e. The molecular weight excluding hydrogens is 447 g/mol. The molecule has 8 heteroatoms. The maximum atomic E-state index is 4.72. The molecule has 1 aliphatic heterocycles. The average molecular weight is 480 g/mol. The fourth-order valence-corrected chi connectivity index (χ4v) is 3.56. The molecular formula is C17H33IN6S. The van der Waals surface area contributed by atoms with Gasteiger partial charge in [0.2, 0.25) is 0 Å². The predicted octanol–water partition coefficient (Wildman–Crippen LogP) is 1.80. The number of aromatic nitrogens is 1. The topological polar surface area (TPSA) is 55.8 Å². The van der Waals surface area contributed by atoms with Crippen LogP contribution in [0.5, 0.6) is 0 Å². The Morgan fingerprint density at radius 3 is 2.84 bits per heavy atom. The molecule has 2 N–H and O–H groups in total. The summed E-state index contributed by atoms with van der Waals surface area (Å²) in [6.45, 7) is 12.5. The number of nitrogens with zero attached hydrogens (tertiary/aromatic N) is 4. The van der Waals surface area contributed by atoms with Gasteiger partial charge in [-0.3, -0.25) is 4.99 Å². The van der Waals surface area contributed by atoms with Gasteiger partial charge in [0.05, 0.1) is 11.6 Å². The third kappa shape index (κ3) is 9.16. The summed E-state index contributed by atoms with van der Waals surface area (Å²) in [5.74, 6) is 0.915. The van der Waals surface area contributed by atoms with Gasteiger partial charge in [0, 0.05) is 50.2 Å². The molecule has 0 amide bonds. The van der Waals surface area contributed by atoms with E-state index in [4.69, 9.17) is 4.99 Å². The first-order valence-corrected chi connectivity index (χ1v) is 9.83. The lowest BCUT2D eigenvalue weighted by Crippen LogP contribution is -2.39. The van der Waals surface area contributed by atoms with Crippen molar-refractivity contribution in [2.45, 2.75) is 26.7 Å². The molecule has 1 aromatic rings. The van der Waals surface area contributed by atoms with Crippen LogP contribution in [0.3, 0.4) is 0 Å². The zero-order valence-corrected chi connectivity index (χ0v) is 18.9. The lowest BCUT2D eigenvalue weighted by Gasteiger charge is -2.19. The Balaban J connectivity index is 0.00000312. The van der Waals surface area contributed by atoms with Gasteiger partial charge in [-0.2, -0.15) is 0 Å². The number of halogens is 1. The lowest BCUT2D eigenvalue weighted by molar-refractivity contribution is 0.283. The van der Waals surface area contributed by atoms with Crippen molar-refractivity contribution in [2.24, 2.45) is 4.99 Å². The summed E-state index contributed by atoms with van der Waals surface area (Å²) in [6, 6.07) is 0. The van der Waals surface area contributed by atoms with E-state index in [2.05, 4.69) is 46.3 Å². The molecule has 1 aliphatic rings. The normalized spacial score (nSPS) is 17.0. The number of likely N-dealkylation sites (N-methyl/N-ethyl adjacent to an activating group) is 1. The summed E-state index contributed by atoms with van der Waals surface area (Å²) in [5, 5.41) is 7.93. The van der Waals surface area contributed by atoms with Crippen LogP contribution >= 0.6 is 35.3 Å². The number of aliphatic imine (C=N–C) groups is 1. The first-order chi connectivity index (χ1) is 11.7. The van der Waals surface area contributed by atoms with E-state index in [1.165, 1.54) is 29.4 Å². The van der Waals surface area contributed by atoms with Crippen LogP contribution in [-0.4, -0.2) is 80.1 Å². The van der Waals surface area contributed by atoms with Crippen molar-refractivity contribution in [2.75, 3.05) is 59.4 Å². The highest BCUT2D eigenvalue weighted by Crippen LogP contribution is 2.10. The lowest BCUT2D eigenvalue weighted by atomic mass is 10.4. The maximum Gasteiger partial charge on any atom is 0.191 e. The van der Waals surface area contributed by atoms with E-state index in [-0.39, 0.29) is 24.0 Å². The Kier molecular flexibility index (Phi) is 11.6. The van der Waals surface area contributed by atoms with Crippen LogP contribution in [-0.2, 0) is 6.42 Å². The molecule has 0 spiro atoms. The average Bonchev–Trinajstić information content (AvgIpc) is 2.85. The van der Waals surface area contributed by atoms with Crippen LogP contribution in [0.2, 0.25) is 0 Å². The van der Waals surface area contributed by atoms with Crippen LogP contribution in [0.1, 0.15) is 23.2 Å². The van der Waals surface area contributed by atoms with E-state index in [0.29, 0.717) is 0 Å². The molecule has 1 saturated heterocycles. The summed E-state index contributed by atoms with van der Waals surface area (Å²) in [5.41, 5.74) is 0. The van der Waals surface area contributed by atoms with Crippen molar-refractivity contribution in [3.63, 3.8) is 0 Å². The zero-order chi connectivity index (χ0) is 17.2. The minimum absolute atomic E-state index is 0. The summed E-state index contributed by atoms with van der Waals surface area (Å²) >= 11 is 1.77. The number of hydrogen-bond donors (Lipinski definition) is 2. The van der Waals surface area contributed by atoms with Gasteiger partial charge in [-0.1, -0.05) is 0 Å². The van der Waals surface area contributed by atoms with E-state index >= 15 is 0 Å². The first-order valence-electron chi connectivity index (χ1n) is 9.01. The number of thiazole rings is 1. The SMILES string of the molecule is CCNC(=NCCN1CCCN(C)CC1)NCCc1ncc(C)s1.I. The molecule has 0 atom stereocenters. The largest absolute Gasteiger partial charge is 0.357 e. The Bertz CT molecular complexity index is 507. The highest BCUT2D eigenvalue weighted by Gasteiger charge is 2.11. The number of hydrogen-bond acceptors (Lipinski definition) is 5. The highest BCUT2D eigenvalue weighted by molar-refractivity contribution is 14.0. The summed E-state index contributed by atoms with van der Waals surface area (Å²) in [6.07, 6.45) is 4.14. The quantitative estimate of drug-likeness (QED) is 0.354. The minimum atomic E-state index is 0. The number of nitrogens with one attached hydrogen (secondary N) is 2. The molecule has 25 heavy (non-hydrogen) atoms. The highest BCUT2D eigenvalue weighted by atomic mass is 127. The fraction of sp³-hybridized carbons (Fsp3) is 0.765. The molecule has 2 rings (SSSR count). The molecule has 0 aromatic carbocycles. The third-order valence-electron chi connectivity index (χ3n) is 4.14. The number of guanidine groups is 1. The van der Waals surface area contributed by atoms with Gasteiger partial charge in [-0.05, 0) is 40.4 Å². The van der Waals surface area contributed by atoms with Crippen molar-refractivity contribution < 1.29 is 0 Å². The molecule has 144 valence electrons. The minimum Gasteiger partial charge on any atom is -0.357 e. The van der Waals surface area contributed by atoms with Crippen molar-refractivity contribution in [1.82, 2.24) is 25.4 Å². The molecule has 0 bridgehead atoms. The van der Waals surface area contributed by atoms with Gasteiger partial charge in [-0.25, -0.2) is 4.98 Å². The van der Waals surface area contributed by atoms with Crippen LogP contribution < -0.4 is 10.6 Å². The van der Waals surface area contributed by atoms with Crippen LogP contribution in [0, 0.1) is 6.92 Å². The van der Waals surface area contributed by atoms with Gasteiger partial charge in [0.1, 0.15) is 0 Å². The monoisotopic (exact) mass is 480 g/mol. The molecule has 0 radical (unpaired) electrons. The summed E-state index contributed by atoms with van der Waals surface area (Å²) < 4.78 is 0. The first kappa shape index (κ1) is 22.6. The molecule has 6 nitrogen and oxygen atoms in total. The van der Waals surface area contributed by atoms with Crippen LogP contribution in [0.25, 0.3) is 0 Å². The van der Waals surface area contributed by atoms with Crippen LogP contribution in [0.4, 0.5) is 0 Å². The van der Waals surface area contributed by atoms with E-state index in [0.717, 1.165) is 51.6 Å². The molecule has 1 fully saturated rings. The Hall–Kier alpha value is -0.450. The van der Waals surface area contributed by atoms with Crippen molar-refractivity contribution in [3.8, 4) is 0 Å². The number of aryl methyl sites for hydroxylation is 1. The second-order valence-corrected chi connectivity index (χ2v) is 7.62. The van der Waals surface area contributed by atoms with Crippen molar-refractivity contribution in [3.05, 3.63) is 16.1 Å². The van der Waals surface area contributed by atoms with E-state index in [1.807, 2.05) is 6.20 Å². The van der Waals surface area contributed by atoms with E-state index < -0.39 is 0 Å². The van der Waals surface area contributed by atoms with E-state index in [9.17, 15) is 0 Å². The number of rotatable bonds is 7. The van der Waals surface area contributed by atoms with Crippen LogP contribution in [0.15, 0.2) is 11.2 Å². The Morgan fingerprint density at radius 2 is 2.12 bits per heavy atom. The van der Waals surface area contributed by atoms with E-state index in [1.54, 1.807) is 11.3 Å². The molecule has 2 heterocycles. The zero-order valence-electron chi connectivity index (χ0n) is 15.8. The van der Waals surface area contributed by atoms with Gasteiger partial charge in [-0.15, -0.1) is 35.3 Å². The van der Waals surface area contributed by atoms with Crippen molar-refractivity contribution >= 4 is 41.3 Å². The van der Waals surface area contributed by atoms with Gasteiger partial charge >= 0.3 is 0 Å². The summed E-state index contributed by atoms with van der Waals surface area (Å²) in [4.78, 5) is 15.3. The predicted molar refractivity (Wildman–Crippen MR) is 119 cm³/mol. The molecule has 0 unspecified atom stereocenters. The second kappa shape index (κ2) is 12.8. The maximum absolute atomic E-state index is 4.72. The third-order valence-corrected chi connectivity index (χ3v) is 5.12. The second-order valence-electron chi connectivity index (χ2n) is 6.30.